The summed E-state index contributed by atoms with van der Waals surface area (Å²) in [5.74, 6) is 0. The van der Waals surface area contributed by atoms with Gasteiger partial charge in [0, 0.05) is 23.3 Å². The van der Waals surface area contributed by atoms with Gasteiger partial charge in [0.15, 0.2) is 0 Å². The van der Waals surface area contributed by atoms with E-state index in [1.54, 1.807) is 0 Å². The van der Waals surface area contributed by atoms with E-state index in [2.05, 4.69) is 35.4 Å². The third kappa shape index (κ3) is 2.65. The maximum atomic E-state index is 6.04. The standard InChI is InChI=1S/C16H17ClN2/c1-11(15-4-2-3-9-18-15)19-16-8-5-12-10-13(17)6-7-14(12)16/h2-4,6-7,9-11,16,19H,5,8H2,1H3. The van der Waals surface area contributed by atoms with Crippen molar-refractivity contribution in [1.29, 1.82) is 0 Å². The lowest BCUT2D eigenvalue weighted by molar-refractivity contribution is 0.458. The highest BCUT2D eigenvalue weighted by Crippen LogP contribution is 2.34. The number of halogens is 1. The summed E-state index contributed by atoms with van der Waals surface area (Å²) >= 11 is 6.04. The molecule has 1 aliphatic rings. The molecule has 19 heavy (non-hydrogen) atoms. The average Bonchev–Trinajstić information content (AvgIpc) is 2.82. The first kappa shape index (κ1) is 12.6. The Morgan fingerprint density at radius 1 is 1.32 bits per heavy atom. The average molecular weight is 273 g/mol. The van der Waals surface area contributed by atoms with Crippen LogP contribution in [0.15, 0.2) is 42.6 Å². The number of hydrogen-bond acceptors (Lipinski definition) is 2. The highest BCUT2D eigenvalue weighted by Gasteiger charge is 2.24. The number of aromatic nitrogens is 1. The van der Waals surface area contributed by atoms with Crippen LogP contribution in [0.4, 0.5) is 0 Å². The van der Waals surface area contributed by atoms with Crippen molar-refractivity contribution in [1.82, 2.24) is 10.3 Å². The van der Waals surface area contributed by atoms with E-state index in [1.807, 2.05) is 24.4 Å². The molecule has 1 heterocycles. The van der Waals surface area contributed by atoms with Gasteiger partial charge >= 0.3 is 0 Å². The summed E-state index contributed by atoms with van der Waals surface area (Å²) in [7, 11) is 0. The summed E-state index contributed by atoms with van der Waals surface area (Å²) in [5.41, 5.74) is 3.84. The van der Waals surface area contributed by atoms with Gasteiger partial charge in [-0.25, -0.2) is 0 Å². The predicted octanol–water partition coefficient (Wildman–Crippen LogP) is 4.07. The monoisotopic (exact) mass is 272 g/mol. The van der Waals surface area contributed by atoms with Gasteiger partial charge in [-0.3, -0.25) is 4.98 Å². The number of hydrogen-bond donors (Lipinski definition) is 1. The van der Waals surface area contributed by atoms with Gasteiger partial charge in [0.1, 0.15) is 0 Å². The lowest BCUT2D eigenvalue weighted by Gasteiger charge is -2.20. The molecule has 2 unspecified atom stereocenters. The van der Waals surface area contributed by atoms with Crippen LogP contribution >= 0.6 is 11.6 Å². The maximum absolute atomic E-state index is 6.04. The second-order valence-corrected chi connectivity index (χ2v) is 5.51. The zero-order chi connectivity index (χ0) is 13.2. The van der Waals surface area contributed by atoms with Crippen LogP contribution < -0.4 is 5.32 Å². The van der Waals surface area contributed by atoms with Crippen LogP contribution in [0.1, 0.15) is 42.2 Å². The lowest BCUT2D eigenvalue weighted by atomic mass is 10.1. The second kappa shape index (κ2) is 5.32. The van der Waals surface area contributed by atoms with Crippen molar-refractivity contribution in [2.75, 3.05) is 0 Å². The molecule has 0 radical (unpaired) electrons. The number of benzene rings is 1. The number of nitrogens with zero attached hydrogens (tertiary/aromatic N) is 1. The molecule has 0 saturated carbocycles. The highest BCUT2D eigenvalue weighted by molar-refractivity contribution is 6.30. The molecule has 1 aromatic heterocycles. The third-order valence-electron chi connectivity index (χ3n) is 3.77. The minimum atomic E-state index is 0.257. The summed E-state index contributed by atoms with van der Waals surface area (Å²) in [6.07, 6.45) is 4.07. The molecule has 3 heteroatoms. The minimum absolute atomic E-state index is 0.257. The molecule has 0 saturated heterocycles. The number of aryl methyl sites for hydroxylation is 1. The van der Waals surface area contributed by atoms with Gasteiger partial charge in [-0.15, -0.1) is 0 Å². The molecule has 0 bridgehead atoms. The van der Waals surface area contributed by atoms with Crippen LogP contribution in [-0.4, -0.2) is 4.98 Å². The first-order valence-electron chi connectivity index (χ1n) is 6.69. The van der Waals surface area contributed by atoms with Gasteiger partial charge in [0.25, 0.3) is 0 Å². The Hall–Kier alpha value is -1.38. The molecule has 0 fully saturated rings. The van der Waals surface area contributed by atoms with Gasteiger partial charge in [0.2, 0.25) is 0 Å². The van der Waals surface area contributed by atoms with Crippen LogP contribution in [0.25, 0.3) is 0 Å². The van der Waals surface area contributed by atoms with Crippen molar-refractivity contribution in [2.45, 2.75) is 31.8 Å². The van der Waals surface area contributed by atoms with Crippen molar-refractivity contribution < 1.29 is 0 Å². The zero-order valence-electron chi connectivity index (χ0n) is 10.9. The number of pyridine rings is 1. The zero-order valence-corrected chi connectivity index (χ0v) is 11.7. The first-order chi connectivity index (χ1) is 9.24. The summed E-state index contributed by atoms with van der Waals surface area (Å²) in [6.45, 7) is 2.16. The van der Waals surface area contributed by atoms with Crippen LogP contribution in [-0.2, 0) is 6.42 Å². The molecule has 0 aliphatic heterocycles. The van der Waals surface area contributed by atoms with E-state index < -0.39 is 0 Å². The van der Waals surface area contributed by atoms with Gasteiger partial charge in [0.05, 0.1) is 5.69 Å². The Kier molecular flexibility index (Phi) is 3.54. The Balaban J connectivity index is 1.76. The van der Waals surface area contributed by atoms with Crippen molar-refractivity contribution >= 4 is 11.6 Å². The molecule has 1 aromatic carbocycles. The summed E-state index contributed by atoms with van der Waals surface area (Å²) in [6, 6.07) is 12.9. The molecule has 2 atom stereocenters. The molecular weight excluding hydrogens is 256 g/mol. The fourth-order valence-electron chi connectivity index (χ4n) is 2.78. The van der Waals surface area contributed by atoms with Crippen LogP contribution in [0, 0.1) is 0 Å². The minimum Gasteiger partial charge on any atom is -0.302 e. The molecule has 2 nitrogen and oxygen atoms in total. The summed E-state index contributed by atoms with van der Waals surface area (Å²) < 4.78 is 0. The molecule has 0 amide bonds. The van der Waals surface area contributed by atoms with Crippen LogP contribution in [0.2, 0.25) is 5.02 Å². The van der Waals surface area contributed by atoms with Gasteiger partial charge < -0.3 is 5.32 Å². The fraction of sp³-hybridized carbons (Fsp3) is 0.312. The highest BCUT2D eigenvalue weighted by atomic mass is 35.5. The number of nitrogens with one attached hydrogen (secondary N) is 1. The Bertz CT molecular complexity index is 568. The fourth-order valence-corrected chi connectivity index (χ4v) is 2.97. The molecule has 1 N–H and O–H groups in total. The Labute approximate surface area is 118 Å². The van der Waals surface area contributed by atoms with Gasteiger partial charge in [-0.2, -0.15) is 0 Å². The van der Waals surface area contributed by atoms with Crippen molar-refractivity contribution in [3.05, 3.63) is 64.4 Å². The van der Waals surface area contributed by atoms with Crippen LogP contribution in [0.5, 0.6) is 0 Å². The maximum Gasteiger partial charge on any atom is 0.0570 e. The normalized spacial score (nSPS) is 19.2. The van der Waals surface area contributed by atoms with E-state index >= 15 is 0 Å². The SMILES string of the molecule is CC(NC1CCc2cc(Cl)ccc21)c1ccccn1. The van der Waals surface area contributed by atoms with E-state index in [0.29, 0.717) is 6.04 Å². The topological polar surface area (TPSA) is 24.9 Å². The molecular formula is C16H17ClN2. The lowest BCUT2D eigenvalue weighted by Crippen LogP contribution is -2.23. The largest absolute Gasteiger partial charge is 0.302 e. The number of rotatable bonds is 3. The Morgan fingerprint density at radius 3 is 3.00 bits per heavy atom. The second-order valence-electron chi connectivity index (χ2n) is 5.08. The predicted molar refractivity (Wildman–Crippen MR) is 78.3 cm³/mol. The molecule has 2 aromatic rings. The van der Waals surface area contributed by atoms with E-state index in [0.717, 1.165) is 23.6 Å². The van der Waals surface area contributed by atoms with Crippen LogP contribution in [0.3, 0.4) is 0 Å². The number of fused-ring (bicyclic) bond motifs is 1. The van der Waals surface area contributed by atoms with Gasteiger partial charge in [-0.1, -0.05) is 23.7 Å². The molecule has 1 aliphatic carbocycles. The van der Waals surface area contributed by atoms with Crippen molar-refractivity contribution in [3.63, 3.8) is 0 Å². The summed E-state index contributed by atoms with van der Waals surface area (Å²) in [5, 5.41) is 4.50. The van der Waals surface area contributed by atoms with Crippen molar-refractivity contribution in [2.24, 2.45) is 0 Å². The van der Waals surface area contributed by atoms with E-state index in [-0.39, 0.29) is 6.04 Å². The van der Waals surface area contributed by atoms with E-state index in [4.69, 9.17) is 11.6 Å². The summed E-state index contributed by atoms with van der Waals surface area (Å²) in [4.78, 5) is 4.41. The molecule has 0 spiro atoms. The van der Waals surface area contributed by atoms with Gasteiger partial charge in [-0.05, 0) is 55.2 Å². The third-order valence-corrected chi connectivity index (χ3v) is 4.00. The quantitative estimate of drug-likeness (QED) is 0.911. The smallest absolute Gasteiger partial charge is 0.0570 e. The van der Waals surface area contributed by atoms with E-state index in [1.165, 1.54) is 11.1 Å². The molecule has 3 rings (SSSR count). The first-order valence-corrected chi connectivity index (χ1v) is 7.07. The van der Waals surface area contributed by atoms with E-state index in [9.17, 15) is 0 Å². The molecule has 98 valence electrons. The van der Waals surface area contributed by atoms with Crippen molar-refractivity contribution in [3.8, 4) is 0 Å². The Morgan fingerprint density at radius 2 is 2.21 bits per heavy atom.